The number of sulfonamides is 1. The molecule has 3 aromatic carbocycles. The normalized spacial score (nSPS) is 16.1. The summed E-state index contributed by atoms with van der Waals surface area (Å²) in [7, 11) is -2.38. The minimum atomic E-state index is -4.68. The Bertz CT molecular complexity index is 1470. The zero-order valence-corrected chi connectivity index (χ0v) is 22.5. The van der Waals surface area contributed by atoms with Gasteiger partial charge in [-0.25, -0.2) is 8.42 Å². The summed E-state index contributed by atoms with van der Waals surface area (Å²) in [6.07, 6.45) is -4.57. The predicted octanol–water partition coefficient (Wildman–Crippen LogP) is 5.99. The lowest BCUT2D eigenvalue weighted by atomic mass is 10.1. The van der Waals surface area contributed by atoms with Crippen molar-refractivity contribution in [2.75, 3.05) is 30.2 Å². The predicted molar refractivity (Wildman–Crippen MR) is 141 cm³/mol. The van der Waals surface area contributed by atoms with Crippen LogP contribution < -0.4 is 19.5 Å². The van der Waals surface area contributed by atoms with Crippen LogP contribution in [0.5, 0.6) is 17.2 Å². The number of carbonyl (C=O) groups is 1. The van der Waals surface area contributed by atoms with Gasteiger partial charge in [0, 0.05) is 31.8 Å². The Labute approximate surface area is 228 Å². The Morgan fingerprint density at radius 3 is 2.31 bits per heavy atom. The molecule has 1 amide bonds. The van der Waals surface area contributed by atoms with E-state index in [1.807, 2.05) is 11.9 Å². The fraction of sp³-hybridized carbons (Fsp3) is 0.269. The van der Waals surface area contributed by atoms with E-state index < -0.39 is 33.6 Å². The van der Waals surface area contributed by atoms with Crippen LogP contribution in [0.4, 0.5) is 24.5 Å². The van der Waals surface area contributed by atoms with E-state index in [1.54, 1.807) is 24.3 Å². The lowest BCUT2D eigenvalue weighted by molar-refractivity contribution is -0.139. The highest BCUT2D eigenvalue weighted by Crippen LogP contribution is 2.39. The first-order chi connectivity index (χ1) is 18.3. The number of ether oxygens (including phenoxy) is 2. The molecule has 8 nitrogen and oxygen atoms in total. The first-order valence-corrected chi connectivity index (χ1v) is 13.6. The van der Waals surface area contributed by atoms with E-state index in [-0.39, 0.29) is 27.3 Å². The summed E-state index contributed by atoms with van der Waals surface area (Å²) in [5.41, 5.74) is -0.518. The molecule has 208 valence electrons. The van der Waals surface area contributed by atoms with Gasteiger partial charge in [0.05, 0.1) is 21.2 Å². The minimum Gasteiger partial charge on any atom is -0.488 e. The van der Waals surface area contributed by atoms with Crippen LogP contribution in [-0.2, 0) is 21.0 Å². The number of alkyl halides is 3. The largest absolute Gasteiger partial charge is 0.488 e. The van der Waals surface area contributed by atoms with Gasteiger partial charge in [0.15, 0.2) is 0 Å². The van der Waals surface area contributed by atoms with Crippen LogP contribution in [0, 0.1) is 0 Å². The number of amides is 1. The molecule has 1 heterocycles. The van der Waals surface area contributed by atoms with Gasteiger partial charge in [-0.05, 0) is 68.1 Å². The second-order valence-electron chi connectivity index (χ2n) is 9.00. The topological polar surface area (TPSA) is 97.0 Å². The summed E-state index contributed by atoms with van der Waals surface area (Å²) >= 11 is 6.27. The SMILES string of the molecule is CC(=O)Nc1ccc(Oc2ccc(S(=O)(=O)Nc3ccc(C(F)(F)F)c(O[C@@H]4CCN(C)C4)c3)cc2Cl)cc1. The van der Waals surface area contributed by atoms with Gasteiger partial charge in [-0.2, -0.15) is 13.2 Å². The molecule has 0 aliphatic carbocycles. The fourth-order valence-corrected chi connectivity index (χ4v) is 5.33. The first-order valence-electron chi connectivity index (χ1n) is 11.7. The molecule has 4 rings (SSSR count). The van der Waals surface area contributed by atoms with Crippen LogP contribution in [0.15, 0.2) is 65.6 Å². The van der Waals surface area contributed by atoms with Crippen LogP contribution in [-0.4, -0.2) is 45.5 Å². The van der Waals surface area contributed by atoms with Crippen LogP contribution in [0.25, 0.3) is 0 Å². The van der Waals surface area contributed by atoms with Gasteiger partial charge in [0.25, 0.3) is 10.0 Å². The summed E-state index contributed by atoms with van der Waals surface area (Å²) in [5.74, 6) is -0.103. The zero-order valence-electron chi connectivity index (χ0n) is 20.9. The second-order valence-corrected chi connectivity index (χ2v) is 11.1. The average Bonchev–Trinajstić information content (AvgIpc) is 3.24. The molecule has 13 heteroatoms. The molecule has 3 aromatic rings. The molecule has 2 N–H and O–H groups in total. The lowest BCUT2D eigenvalue weighted by Crippen LogP contribution is -2.23. The maximum Gasteiger partial charge on any atom is 0.419 e. The highest BCUT2D eigenvalue weighted by molar-refractivity contribution is 7.92. The van der Waals surface area contributed by atoms with E-state index in [0.29, 0.717) is 30.9 Å². The number of halogens is 4. The summed E-state index contributed by atoms with van der Waals surface area (Å²) in [4.78, 5) is 12.9. The Kier molecular flexibility index (Phi) is 8.28. The Morgan fingerprint density at radius 1 is 1.03 bits per heavy atom. The van der Waals surface area contributed by atoms with E-state index in [1.165, 1.54) is 25.1 Å². The van der Waals surface area contributed by atoms with Crippen LogP contribution in [0.2, 0.25) is 5.02 Å². The number of rotatable bonds is 8. The third-order valence-corrected chi connectivity index (χ3v) is 7.47. The Hall–Kier alpha value is -3.48. The molecule has 0 spiro atoms. The molecule has 1 aliphatic rings. The van der Waals surface area contributed by atoms with Crippen molar-refractivity contribution in [3.8, 4) is 17.2 Å². The van der Waals surface area contributed by atoms with Crippen LogP contribution >= 0.6 is 11.6 Å². The van der Waals surface area contributed by atoms with Gasteiger partial charge in [-0.1, -0.05) is 11.6 Å². The average molecular weight is 584 g/mol. The van der Waals surface area contributed by atoms with Crippen molar-refractivity contribution in [3.63, 3.8) is 0 Å². The zero-order chi connectivity index (χ0) is 28.4. The third-order valence-electron chi connectivity index (χ3n) is 5.80. The Balaban J connectivity index is 1.51. The molecule has 1 saturated heterocycles. The summed E-state index contributed by atoms with van der Waals surface area (Å²) in [5, 5.41) is 2.62. The molecule has 1 fully saturated rings. The van der Waals surface area contributed by atoms with Gasteiger partial charge < -0.3 is 19.7 Å². The molecular weight excluding hydrogens is 559 g/mol. The number of nitrogens with one attached hydrogen (secondary N) is 2. The Morgan fingerprint density at radius 2 is 1.72 bits per heavy atom. The number of likely N-dealkylation sites (tertiary alicyclic amines) is 1. The molecule has 0 unspecified atom stereocenters. The summed E-state index contributed by atoms with van der Waals surface area (Å²) in [6.45, 7) is 2.52. The molecule has 0 radical (unpaired) electrons. The van der Waals surface area contributed by atoms with Crippen molar-refractivity contribution in [1.29, 1.82) is 0 Å². The highest BCUT2D eigenvalue weighted by atomic mass is 35.5. The standard InChI is InChI=1S/C26H25ClF3N3O5S/c1-16(34)31-17-3-6-19(7-4-17)37-24-10-8-21(14-23(24)27)39(35,36)32-18-5-9-22(26(28,29)30)25(13-18)38-20-11-12-33(2)15-20/h3-10,13-14,20,32H,11-12,15H2,1-2H3,(H,31,34)/t20-/m1/s1. The number of hydrogen-bond donors (Lipinski definition) is 2. The van der Waals surface area contributed by atoms with Gasteiger partial charge in [0.1, 0.15) is 23.4 Å². The number of hydrogen-bond acceptors (Lipinski definition) is 6. The maximum absolute atomic E-state index is 13.6. The van der Waals surface area contributed by atoms with Crippen LogP contribution in [0.3, 0.4) is 0 Å². The van der Waals surface area contributed by atoms with Crippen LogP contribution in [0.1, 0.15) is 18.9 Å². The molecular formula is C26H25ClF3N3O5S. The quantitative estimate of drug-likeness (QED) is 0.338. The maximum atomic E-state index is 13.6. The number of benzene rings is 3. The van der Waals surface area contributed by atoms with E-state index in [9.17, 15) is 26.4 Å². The number of likely N-dealkylation sites (N-methyl/N-ethyl adjacent to an activating group) is 1. The smallest absolute Gasteiger partial charge is 0.419 e. The molecule has 1 aliphatic heterocycles. The van der Waals surface area contributed by atoms with E-state index >= 15 is 0 Å². The van der Waals surface area contributed by atoms with Crippen molar-refractivity contribution in [2.24, 2.45) is 0 Å². The molecule has 0 aromatic heterocycles. The van der Waals surface area contributed by atoms with E-state index in [0.717, 1.165) is 18.2 Å². The van der Waals surface area contributed by atoms with Gasteiger partial charge >= 0.3 is 6.18 Å². The first kappa shape index (κ1) is 28.5. The van der Waals surface area contributed by atoms with Crippen molar-refractivity contribution >= 4 is 38.9 Å². The number of anilines is 2. The lowest BCUT2D eigenvalue weighted by Gasteiger charge is -2.19. The molecule has 1 atom stereocenters. The van der Waals surface area contributed by atoms with Gasteiger partial charge in [-0.3, -0.25) is 9.52 Å². The fourth-order valence-electron chi connectivity index (χ4n) is 3.97. The number of carbonyl (C=O) groups excluding carboxylic acids is 1. The summed E-state index contributed by atoms with van der Waals surface area (Å²) < 4.78 is 80.4. The molecule has 39 heavy (non-hydrogen) atoms. The number of nitrogens with zero attached hydrogens (tertiary/aromatic N) is 1. The highest BCUT2D eigenvalue weighted by Gasteiger charge is 2.36. The monoisotopic (exact) mass is 583 g/mol. The van der Waals surface area contributed by atoms with Gasteiger partial charge in [-0.15, -0.1) is 0 Å². The van der Waals surface area contributed by atoms with Crippen molar-refractivity contribution in [3.05, 3.63) is 71.2 Å². The van der Waals surface area contributed by atoms with E-state index in [4.69, 9.17) is 21.1 Å². The third kappa shape index (κ3) is 7.34. The van der Waals surface area contributed by atoms with Crippen molar-refractivity contribution < 1.29 is 35.9 Å². The molecule has 0 saturated carbocycles. The van der Waals surface area contributed by atoms with Crippen molar-refractivity contribution in [1.82, 2.24) is 4.90 Å². The van der Waals surface area contributed by atoms with E-state index in [2.05, 4.69) is 10.0 Å². The second kappa shape index (κ2) is 11.3. The summed E-state index contributed by atoms with van der Waals surface area (Å²) in [6, 6.07) is 13.1. The van der Waals surface area contributed by atoms with Gasteiger partial charge in [0.2, 0.25) is 5.91 Å². The minimum absolute atomic E-state index is 0.00870. The van der Waals surface area contributed by atoms with Crippen molar-refractivity contribution in [2.45, 2.75) is 30.5 Å². The molecule has 0 bridgehead atoms.